The molecule has 1 aromatic heterocycles. The van der Waals surface area contributed by atoms with Crippen LogP contribution in [-0.2, 0) is 10.1 Å². The molecule has 0 fully saturated rings. The van der Waals surface area contributed by atoms with Crippen LogP contribution in [-0.4, -0.2) is 18.0 Å². The molecule has 0 aliphatic rings. The van der Waals surface area contributed by atoms with Gasteiger partial charge in [0.05, 0.1) is 5.69 Å². The summed E-state index contributed by atoms with van der Waals surface area (Å²) in [6.07, 6.45) is 2.91. The minimum atomic E-state index is -4.34. The molecular weight excluding hydrogens is 264 g/mol. The Morgan fingerprint density at radius 3 is 2.53 bits per heavy atom. The van der Waals surface area contributed by atoms with Gasteiger partial charge >= 0.3 is 0 Å². The summed E-state index contributed by atoms with van der Waals surface area (Å²) in [5, 5.41) is 0. The van der Waals surface area contributed by atoms with E-state index in [1.54, 1.807) is 24.4 Å². The zero-order chi connectivity index (χ0) is 14.0. The molecule has 0 aliphatic carbocycles. The Bertz CT molecular complexity index is 725. The van der Waals surface area contributed by atoms with E-state index in [9.17, 15) is 8.42 Å². The number of rotatable bonds is 3. The van der Waals surface area contributed by atoms with Crippen LogP contribution in [0.4, 0.5) is 5.69 Å². The van der Waals surface area contributed by atoms with Crippen LogP contribution in [0.2, 0.25) is 0 Å². The van der Waals surface area contributed by atoms with Crippen molar-refractivity contribution >= 4 is 21.9 Å². The molecule has 0 amide bonds. The van der Waals surface area contributed by atoms with E-state index < -0.39 is 10.1 Å². The Balaban J connectivity index is 2.73. The molecule has 1 heterocycles. The summed E-state index contributed by atoms with van der Waals surface area (Å²) < 4.78 is 31.6. The molecule has 0 unspecified atom stereocenters. The molecule has 19 heavy (non-hydrogen) atoms. The lowest BCUT2D eigenvalue weighted by Crippen LogP contribution is -2.05. The van der Waals surface area contributed by atoms with Crippen LogP contribution in [0.15, 0.2) is 48.0 Å². The largest absolute Gasteiger partial charge is 0.398 e. The van der Waals surface area contributed by atoms with E-state index in [-0.39, 0.29) is 16.1 Å². The highest BCUT2D eigenvalue weighted by molar-refractivity contribution is 7.86. The number of nitrogens with two attached hydrogens (primary N) is 1. The van der Waals surface area contributed by atoms with Crippen LogP contribution in [0.1, 0.15) is 5.56 Å². The van der Waals surface area contributed by atoms with Gasteiger partial charge in [0, 0.05) is 23.0 Å². The molecule has 0 saturated carbocycles. The van der Waals surface area contributed by atoms with E-state index in [0.29, 0.717) is 11.3 Å². The van der Waals surface area contributed by atoms with E-state index >= 15 is 0 Å². The summed E-state index contributed by atoms with van der Waals surface area (Å²) in [7, 11) is -4.34. The minimum Gasteiger partial charge on any atom is -0.398 e. The fourth-order valence-corrected chi connectivity index (χ4v) is 2.51. The molecular formula is C13H12N2O3S. The van der Waals surface area contributed by atoms with Crippen molar-refractivity contribution < 1.29 is 13.0 Å². The van der Waals surface area contributed by atoms with Crippen LogP contribution < -0.4 is 5.73 Å². The quantitative estimate of drug-likeness (QED) is 0.662. The lowest BCUT2D eigenvalue weighted by Gasteiger charge is -2.11. The maximum Gasteiger partial charge on any atom is 0.295 e. The number of pyridine rings is 1. The summed E-state index contributed by atoms with van der Waals surface area (Å²) in [5.74, 6) is 0. The lowest BCUT2D eigenvalue weighted by atomic mass is 10.0. The van der Waals surface area contributed by atoms with Crippen molar-refractivity contribution in [1.29, 1.82) is 0 Å². The Morgan fingerprint density at radius 2 is 2.00 bits per heavy atom. The summed E-state index contributed by atoms with van der Waals surface area (Å²) in [4.78, 5) is 3.89. The number of anilines is 1. The molecule has 5 nitrogen and oxygen atoms in total. The predicted octanol–water partition coefficient (Wildman–Crippen LogP) is 2.22. The molecule has 0 radical (unpaired) electrons. The van der Waals surface area contributed by atoms with E-state index in [1.165, 1.54) is 18.2 Å². The lowest BCUT2D eigenvalue weighted by molar-refractivity contribution is 0.483. The summed E-state index contributed by atoms with van der Waals surface area (Å²) in [5.41, 5.74) is 7.52. The number of nitrogen functional groups attached to an aromatic ring is 1. The molecule has 0 bridgehead atoms. The van der Waals surface area contributed by atoms with Gasteiger partial charge in [0.1, 0.15) is 4.90 Å². The van der Waals surface area contributed by atoms with E-state index in [0.717, 1.165) is 0 Å². The van der Waals surface area contributed by atoms with Crippen molar-refractivity contribution in [1.82, 2.24) is 4.98 Å². The molecule has 0 atom stereocenters. The van der Waals surface area contributed by atoms with Gasteiger partial charge in [-0.3, -0.25) is 9.54 Å². The summed E-state index contributed by atoms with van der Waals surface area (Å²) in [6, 6.07) is 8.11. The Kier molecular flexibility index (Phi) is 3.37. The highest BCUT2D eigenvalue weighted by Crippen LogP contribution is 2.32. The molecule has 2 aromatic rings. The highest BCUT2D eigenvalue weighted by atomic mass is 32.2. The van der Waals surface area contributed by atoms with Gasteiger partial charge in [0.25, 0.3) is 10.1 Å². The number of hydrogen-bond donors (Lipinski definition) is 2. The number of nitrogens with zero attached hydrogens (tertiary/aromatic N) is 1. The molecule has 6 heteroatoms. The zero-order valence-electron chi connectivity index (χ0n) is 9.95. The smallest absolute Gasteiger partial charge is 0.295 e. The van der Waals surface area contributed by atoms with Crippen LogP contribution in [0.5, 0.6) is 0 Å². The van der Waals surface area contributed by atoms with Gasteiger partial charge in [0.15, 0.2) is 0 Å². The third-order valence-electron chi connectivity index (χ3n) is 2.67. The maximum absolute atomic E-state index is 11.2. The molecule has 3 N–H and O–H groups in total. The van der Waals surface area contributed by atoms with E-state index in [2.05, 4.69) is 11.6 Å². The average molecular weight is 276 g/mol. The normalized spacial score (nSPS) is 11.2. The second kappa shape index (κ2) is 4.83. The van der Waals surface area contributed by atoms with E-state index in [1.807, 2.05) is 0 Å². The molecule has 0 aliphatic heterocycles. The number of hydrogen-bond acceptors (Lipinski definition) is 4. The summed E-state index contributed by atoms with van der Waals surface area (Å²) in [6.45, 7) is 3.52. The van der Waals surface area contributed by atoms with Crippen molar-refractivity contribution in [3.63, 3.8) is 0 Å². The van der Waals surface area contributed by atoms with Gasteiger partial charge in [-0.15, -0.1) is 0 Å². The van der Waals surface area contributed by atoms with Gasteiger partial charge in [-0.2, -0.15) is 8.42 Å². The average Bonchev–Trinajstić information content (AvgIpc) is 2.38. The van der Waals surface area contributed by atoms with Gasteiger partial charge in [-0.1, -0.05) is 18.7 Å². The molecule has 1 aromatic carbocycles. The van der Waals surface area contributed by atoms with Crippen molar-refractivity contribution in [2.75, 3.05) is 5.73 Å². The SMILES string of the molecule is C=Cc1c(S(=O)(=O)O)ccc(-c2ccccn2)c1N. The monoisotopic (exact) mass is 276 g/mol. The van der Waals surface area contributed by atoms with Gasteiger partial charge in [-0.25, -0.2) is 0 Å². The van der Waals surface area contributed by atoms with Gasteiger partial charge in [-0.05, 0) is 24.3 Å². The Morgan fingerprint density at radius 1 is 1.26 bits per heavy atom. The first-order valence-electron chi connectivity index (χ1n) is 5.39. The maximum atomic E-state index is 11.2. The molecule has 2 rings (SSSR count). The van der Waals surface area contributed by atoms with Crippen molar-refractivity contribution in [2.24, 2.45) is 0 Å². The van der Waals surface area contributed by atoms with Crippen LogP contribution in [0.3, 0.4) is 0 Å². The van der Waals surface area contributed by atoms with E-state index in [4.69, 9.17) is 10.3 Å². The Labute approximate surface area is 111 Å². The number of benzene rings is 1. The predicted molar refractivity (Wildman–Crippen MR) is 74.0 cm³/mol. The van der Waals surface area contributed by atoms with Gasteiger partial charge in [0.2, 0.25) is 0 Å². The standard InChI is InChI=1S/C13H12N2O3S/c1-2-9-12(19(16,17)18)7-6-10(13(9)14)11-5-3-4-8-15-11/h2-8H,1,14H2,(H,16,17,18). The van der Waals surface area contributed by atoms with Crippen LogP contribution >= 0.6 is 0 Å². The number of aromatic nitrogens is 1. The van der Waals surface area contributed by atoms with Gasteiger partial charge < -0.3 is 5.73 Å². The first-order valence-corrected chi connectivity index (χ1v) is 6.83. The molecule has 0 spiro atoms. The topological polar surface area (TPSA) is 93.3 Å². The third kappa shape index (κ3) is 2.49. The fourth-order valence-electron chi connectivity index (χ4n) is 1.80. The van der Waals surface area contributed by atoms with Crippen LogP contribution in [0, 0.1) is 0 Å². The minimum absolute atomic E-state index is 0.172. The fraction of sp³-hybridized carbons (Fsp3) is 0. The summed E-state index contributed by atoms with van der Waals surface area (Å²) >= 11 is 0. The van der Waals surface area contributed by atoms with Crippen molar-refractivity contribution in [3.05, 3.63) is 48.7 Å². The Hall–Kier alpha value is -2.18. The first-order chi connectivity index (χ1) is 8.95. The van der Waals surface area contributed by atoms with Crippen molar-refractivity contribution in [2.45, 2.75) is 4.90 Å². The molecule has 98 valence electrons. The first kappa shape index (κ1) is 13.3. The second-order valence-electron chi connectivity index (χ2n) is 3.83. The van der Waals surface area contributed by atoms with Crippen LogP contribution in [0.25, 0.3) is 17.3 Å². The zero-order valence-corrected chi connectivity index (χ0v) is 10.8. The third-order valence-corrected chi connectivity index (χ3v) is 3.58. The second-order valence-corrected chi connectivity index (χ2v) is 5.22. The van der Waals surface area contributed by atoms with Crippen molar-refractivity contribution in [3.8, 4) is 11.3 Å². The highest BCUT2D eigenvalue weighted by Gasteiger charge is 2.18. The molecule has 0 saturated heterocycles.